The van der Waals surface area contributed by atoms with Gasteiger partial charge >= 0.3 is 0 Å². The number of hydrogen-bond donors (Lipinski definition) is 2. The minimum Gasteiger partial charge on any atom is -0.493 e. The highest BCUT2D eigenvalue weighted by Crippen LogP contribution is 2.30. The van der Waals surface area contributed by atoms with Crippen LogP contribution in [0.2, 0.25) is 0 Å². The van der Waals surface area contributed by atoms with Gasteiger partial charge in [0, 0.05) is 5.54 Å². The van der Waals surface area contributed by atoms with Crippen molar-refractivity contribution in [2.75, 3.05) is 20.3 Å². The van der Waals surface area contributed by atoms with Crippen LogP contribution in [0.1, 0.15) is 71.8 Å². The fourth-order valence-corrected chi connectivity index (χ4v) is 3.35. The Balaban J connectivity index is 2.58. The highest BCUT2D eigenvalue weighted by Gasteiger charge is 2.22. The Bertz CT molecular complexity index is 532. The molecule has 0 aromatic heterocycles. The molecule has 0 amide bonds. The smallest absolute Gasteiger partial charge is 0.161 e. The van der Waals surface area contributed by atoms with E-state index in [1.54, 1.807) is 7.11 Å². The molecule has 4 nitrogen and oxygen atoms in total. The Morgan fingerprint density at radius 2 is 1.85 bits per heavy atom. The predicted octanol–water partition coefficient (Wildman–Crippen LogP) is 4.96. The Labute approximate surface area is 166 Å². The Morgan fingerprint density at radius 1 is 1.11 bits per heavy atom. The molecule has 1 aromatic rings. The molecule has 0 aliphatic heterocycles. The highest BCUT2D eigenvalue weighted by molar-refractivity contribution is 5.43. The Morgan fingerprint density at radius 3 is 2.44 bits per heavy atom. The molecule has 4 heteroatoms. The van der Waals surface area contributed by atoms with Crippen molar-refractivity contribution in [1.29, 1.82) is 0 Å². The summed E-state index contributed by atoms with van der Waals surface area (Å²) in [5, 5.41) is 9.58. The lowest BCUT2D eigenvalue weighted by Gasteiger charge is -2.27. The molecule has 0 saturated heterocycles. The van der Waals surface area contributed by atoms with Gasteiger partial charge in [0.1, 0.15) is 0 Å². The first-order chi connectivity index (χ1) is 12.8. The van der Waals surface area contributed by atoms with Gasteiger partial charge in [0.25, 0.3) is 0 Å². The van der Waals surface area contributed by atoms with Crippen LogP contribution in [0.5, 0.6) is 11.5 Å². The molecule has 1 unspecified atom stereocenters. The minimum atomic E-state index is -0.497. The van der Waals surface area contributed by atoms with Gasteiger partial charge in [-0.2, -0.15) is 0 Å². The second kappa shape index (κ2) is 12.2. The first-order valence-electron chi connectivity index (χ1n) is 10.5. The summed E-state index contributed by atoms with van der Waals surface area (Å²) in [7, 11) is 1.68. The minimum absolute atomic E-state index is 0.0217. The maximum absolute atomic E-state index is 9.58. The molecule has 0 aliphatic carbocycles. The molecule has 0 fully saturated rings. The number of methoxy groups -OCH3 is 1. The fourth-order valence-electron chi connectivity index (χ4n) is 3.35. The monoisotopic (exact) mass is 379 g/mol. The van der Waals surface area contributed by atoms with E-state index in [-0.39, 0.29) is 6.61 Å². The van der Waals surface area contributed by atoms with Gasteiger partial charge in [-0.15, -0.1) is 0 Å². The summed E-state index contributed by atoms with van der Waals surface area (Å²) < 4.78 is 11.5. The number of benzene rings is 1. The van der Waals surface area contributed by atoms with Gasteiger partial charge in [0.05, 0.1) is 20.3 Å². The largest absolute Gasteiger partial charge is 0.493 e. The van der Waals surface area contributed by atoms with E-state index in [9.17, 15) is 5.11 Å². The van der Waals surface area contributed by atoms with Crippen LogP contribution in [-0.4, -0.2) is 31.0 Å². The van der Waals surface area contributed by atoms with Crippen molar-refractivity contribution in [3.8, 4) is 11.5 Å². The summed E-state index contributed by atoms with van der Waals surface area (Å²) in [5.41, 5.74) is 6.95. The van der Waals surface area contributed by atoms with Gasteiger partial charge in [0.15, 0.2) is 11.5 Å². The van der Waals surface area contributed by atoms with Crippen molar-refractivity contribution in [3.63, 3.8) is 0 Å². The normalized spacial score (nSPS) is 14.8. The standard InChI is InChI=1S/C23H41NO3/c1-6-13-23(24,17-25)14-12-20-10-11-21(22(15-20)26-5)27-16-19(4)9-7-8-18(2)3/h10-11,15,18-19,25H,6-9,12-14,16-17,24H2,1-5H3/t19?,23-/m0/s1. The molecule has 2 atom stereocenters. The molecular formula is C23H41NO3. The third kappa shape index (κ3) is 8.98. The van der Waals surface area contributed by atoms with Gasteiger partial charge in [-0.1, -0.05) is 53.0 Å². The lowest BCUT2D eigenvalue weighted by atomic mass is 9.89. The molecule has 156 valence electrons. The van der Waals surface area contributed by atoms with Gasteiger partial charge in [-0.25, -0.2) is 0 Å². The summed E-state index contributed by atoms with van der Waals surface area (Å²) in [6, 6.07) is 6.10. The second-order valence-corrected chi connectivity index (χ2v) is 8.50. The molecular weight excluding hydrogens is 338 g/mol. The number of aryl methyl sites for hydroxylation is 1. The number of hydrogen-bond acceptors (Lipinski definition) is 4. The van der Waals surface area contributed by atoms with Crippen molar-refractivity contribution in [2.24, 2.45) is 17.6 Å². The van der Waals surface area contributed by atoms with Crippen molar-refractivity contribution in [2.45, 2.75) is 78.2 Å². The van der Waals surface area contributed by atoms with Crippen LogP contribution < -0.4 is 15.2 Å². The van der Waals surface area contributed by atoms with Crippen LogP contribution in [0, 0.1) is 11.8 Å². The van der Waals surface area contributed by atoms with Crippen LogP contribution in [0.25, 0.3) is 0 Å². The van der Waals surface area contributed by atoms with Gasteiger partial charge in [-0.05, 0) is 55.2 Å². The van der Waals surface area contributed by atoms with E-state index < -0.39 is 5.54 Å². The molecule has 1 aromatic carbocycles. The zero-order chi connectivity index (χ0) is 20.3. The van der Waals surface area contributed by atoms with Crippen molar-refractivity contribution < 1.29 is 14.6 Å². The fraction of sp³-hybridized carbons (Fsp3) is 0.739. The van der Waals surface area contributed by atoms with E-state index in [2.05, 4.69) is 33.8 Å². The molecule has 0 bridgehead atoms. The maximum atomic E-state index is 9.58. The number of ether oxygens (including phenoxy) is 2. The Hall–Kier alpha value is -1.26. The molecule has 0 aliphatic rings. The molecule has 1 rings (SSSR count). The van der Waals surface area contributed by atoms with Crippen LogP contribution in [0.15, 0.2) is 18.2 Å². The molecule has 0 spiro atoms. The summed E-state index contributed by atoms with van der Waals surface area (Å²) in [6.07, 6.45) is 7.10. The van der Waals surface area contributed by atoms with E-state index >= 15 is 0 Å². The highest BCUT2D eigenvalue weighted by atomic mass is 16.5. The zero-order valence-corrected chi connectivity index (χ0v) is 18.1. The van der Waals surface area contributed by atoms with Crippen LogP contribution >= 0.6 is 0 Å². The lowest BCUT2D eigenvalue weighted by molar-refractivity contribution is 0.177. The van der Waals surface area contributed by atoms with Crippen molar-refractivity contribution in [3.05, 3.63) is 23.8 Å². The maximum Gasteiger partial charge on any atom is 0.161 e. The number of rotatable bonds is 14. The van der Waals surface area contributed by atoms with E-state index in [0.717, 1.165) is 48.7 Å². The summed E-state index contributed by atoms with van der Waals surface area (Å²) in [4.78, 5) is 0. The third-order valence-corrected chi connectivity index (χ3v) is 5.20. The topological polar surface area (TPSA) is 64.7 Å². The van der Waals surface area contributed by atoms with Crippen LogP contribution in [-0.2, 0) is 6.42 Å². The molecule has 0 saturated carbocycles. The van der Waals surface area contributed by atoms with Crippen LogP contribution in [0.4, 0.5) is 0 Å². The molecule has 3 N–H and O–H groups in total. The molecule has 27 heavy (non-hydrogen) atoms. The number of aliphatic hydroxyl groups is 1. The quantitative estimate of drug-likeness (QED) is 0.479. The summed E-state index contributed by atoms with van der Waals surface area (Å²) >= 11 is 0. The molecule has 0 heterocycles. The van der Waals surface area contributed by atoms with Gasteiger partial charge in [-0.3, -0.25) is 0 Å². The van der Waals surface area contributed by atoms with Gasteiger partial charge in [0.2, 0.25) is 0 Å². The zero-order valence-electron chi connectivity index (χ0n) is 18.1. The average molecular weight is 380 g/mol. The second-order valence-electron chi connectivity index (χ2n) is 8.50. The van der Waals surface area contributed by atoms with E-state index in [0.29, 0.717) is 12.5 Å². The number of aliphatic hydroxyl groups excluding tert-OH is 1. The average Bonchev–Trinajstić information content (AvgIpc) is 2.65. The predicted molar refractivity (Wildman–Crippen MR) is 114 cm³/mol. The lowest BCUT2D eigenvalue weighted by Crippen LogP contribution is -2.43. The van der Waals surface area contributed by atoms with E-state index in [4.69, 9.17) is 15.2 Å². The summed E-state index contributed by atoms with van der Waals surface area (Å²) in [6.45, 7) is 9.60. The SMILES string of the molecule is CCC[C@@](N)(CO)CCc1ccc(OCC(C)CCCC(C)C)c(OC)c1. The Kier molecular flexibility index (Phi) is 10.8. The van der Waals surface area contributed by atoms with Crippen molar-refractivity contribution >= 4 is 0 Å². The first kappa shape index (κ1) is 23.8. The third-order valence-electron chi connectivity index (χ3n) is 5.20. The van der Waals surface area contributed by atoms with E-state index in [1.807, 2.05) is 12.1 Å². The van der Waals surface area contributed by atoms with Crippen molar-refractivity contribution in [1.82, 2.24) is 0 Å². The van der Waals surface area contributed by atoms with Gasteiger partial charge < -0.3 is 20.3 Å². The first-order valence-corrected chi connectivity index (χ1v) is 10.5. The number of nitrogens with two attached hydrogens (primary N) is 1. The van der Waals surface area contributed by atoms with Crippen LogP contribution in [0.3, 0.4) is 0 Å². The summed E-state index contributed by atoms with van der Waals surface area (Å²) in [5.74, 6) is 2.86. The van der Waals surface area contributed by atoms with E-state index in [1.165, 1.54) is 19.3 Å². The molecule has 0 radical (unpaired) electrons.